The third kappa shape index (κ3) is 5.21. The summed E-state index contributed by atoms with van der Waals surface area (Å²) >= 11 is 1.78. The van der Waals surface area contributed by atoms with Gasteiger partial charge in [0.15, 0.2) is 0 Å². The van der Waals surface area contributed by atoms with Crippen LogP contribution in [0, 0.1) is 0 Å². The van der Waals surface area contributed by atoms with Gasteiger partial charge in [-0.1, -0.05) is 50.9 Å². The van der Waals surface area contributed by atoms with Crippen LogP contribution < -0.4 is 10.0 Å². The van der Waals surface area contributed by atoms with Crippen LogP contribution in [0.15, 0.2) is 79.1 Å². The van der Waals surface area contributed by atoms with E-state index in [0.29, 0.717) is 16.9 Å². The van der Waals surface area contributed by atoms with E-state index >= 15 is 0 Å². The van der Waals surface area contributed by atoms with E-state index < -0.39 is 0 Å². The SMILES string of the molecule is CC(C)SNCC(C)c1ccc(-n2ccc3cc(NC(=O)c4ccccn4)ccc32)cc1. The van der Waals surface area contributed by atoms with E-state index in [9.17, 15) is 4.79 Å². The fourth-order valence-corrected chi connectivity index (χ4v) is 4.24. The van der Waals surface area contributed by atoms with Gasteiger partial charge in [0.05, 0.1) is 5.52 Å². The molecular weight excluding hydrogens is 416 g/mol. The molecule has 0 bridgehead atoms. The number of anilines is 1. The van der Waals surface area contributed by atoms with Gasteiger partial charge in [0.25, 0.3) is 5.91 Å². The highest BCUT2D eigenvalue weighted by molar-refractivity contribution is 7.97. The summed E-state index contributed by atoms with van der Waals surface area (Å²) in [5, 5.41) is 4.57. The molecule has 1 atom stereocenters. The normalized spacial score (nSPS) is 12.2. The van der Waals surface area contributed by atoms with Crippen molar-refractivity contribution in [1.29, 1.82) is 0 Å². The highest BCUT2D eigenvalue weighted by atomic mass is 32.2. The first-order valence-electron chi connectivity index (χ1n) is 10.8. The van der Waals surface area contributed by atoms with Gasteiger partial charge in [-0.15, -0.1) is 0 Å². The fourth-order valence-electron chi connectivity index (χ4n) is 3.56. The third-order valence-electron chi connectivity index (χ3n) is 5.29. The van der Waals surface area contributed by atoms with Crippen molar-refractivity contribution in [2.45, 2.75) is 31.9 Å². The van der Waals surface area contributed by atoms with E-state index in [1.165, 1.54) is 5.56 Å². The smallest absolute Gasteiger partial charge is 0.274 e. The van der Waals surface area contributed by atoms with Crippen LogP contribution in [0.5, 0.6) is 0 Å². The topological polar surface area (TPSA) is 59.0 Å². The number of fused-ring (bicyclic) bond motifs is 1. The maximum absolute atomic E-state index is 12.4. The molecule has 0 saturated carbocycles. The van der Waals surface area contributed by atoms with Crippen LogP contribution >= 0.6 is 11.9 Å². The molecule has 32 heavy (non-hydrogen) atoms. The molecule has 0 fully saturated rings. The number of aromatic nitrogens is 2. The number of benzene rings is 2. The van der Waals surface area contributed by atoms with Gasteiger partial charge in [-0.25, -0.2) is 0 Å². The first kappa shape index (κ1) is 22.1. The largest absolute Gasteiger partial charge is 0.321 e. The van der Waals surface area contributed by atoms with Crippen LogP contribution in [-0.2, 0) is 0 Å². The van der Waals surface area contributed by atoms with Crippen molar-refractivity contribution >= 4 is 34.4 Å². The van der Waals surface area contributed by atoms with Gasteiger partial charge >= 0.3 is 0 Å². The third-order valence-corrected chi connectivity index (χ3v) is 6.10. The number of hydrogen-bond donors (Lipinski definition) is 2. The number of amides is 1. The molecule has 2 heterocycles. The van der Waals surface area contributed by atoms with E-state index in [1.54, 1.807) is 36.3 Å². The van der Waals surface area contributed by atoms with Gasteiger partial charge in [-0.2, -0.15) is 0 Å². The number of hydrogen-bond acceptors (Lipinski definition) is 4. The number of rotatable bonds is 8. The molecule has 1 amide bonds. The molecule has 2 N–H and O–H groups in total. The van der Waals surface area contributed by atoms with Gasteiger partial charge in [0.2, 0.25) is 0 Å². The Kier molecular flexibility index (Phi) is 6.93. The Labute approximate surface area is 193 Å². The second kappa shape index (κ2) is 10.0. The molecule has 0 spiro atoms. The van der Waals surface area contributed by atoms with Crippen LogP contribution in [0.2, 0.25) is 0 Å². The Morgan fingerprint density at radius 1 is 1.03 bits per heavy atom. The summed E-state index contributed by atoms with van der Waals surface area (Å²) < 4.78 is 5.62. The summed E-state index contributed by atoms with van der Waals surface area (Å²) in [6.45, 7) is 7.57. The summed E-state index contributed by atoms with van der Waals surface area (Å²) in [6.07, 6.45) is 3.68. The lowest BCUT2D eigenvalue weighted by molar-refractivity contribution is 0.102. The van der Waals surface area contributed by atoms with E-state index in [1.807, 2.05) is 18.2 Å². The predicted octanol–water partition coefficient (Wildman–Crippen LogP) is 6.03. The van der Waals surface area contributed by atoms with Gasteiger partial charge in [-0.3, -0.25) is 14.5 Å². The van der Waals surface area contributed by atoms with Crippen molar-refractivity contribution in [1.82, 2.24) is 14.3 Å². The Hall–Kier alpha value is -3.09. The first-order chi connectivity index (χ1) is 15.5. The number of pyridine rings is 1. The minimum Gasteiger partial charge on any atom is -0.321 e. The molecule has 4 rings (SSSR count). The lowest BCUT2D eigenvalue weighted by atomic mass is 10.0. The summed E-state index contributed by atoms with van der Waals surface area (Å²) in [5.74, 6) is 0.234. The monoisotopic (exact) mass is 444 g/mol. The van der Waals surface area contributed by atoms with E-state index in [0.717, 1.165) is 28.8 Å². The number of nitrogens with zero attached hydrogens (tertiary/aromatic N) is 2. The summed E-state index contributed by atoms with van der Waals surface area (Å²) in [4.78, 5) is 16.5. The maximum atomic E-state index is 12.4. The van der Waals surface area contributed by atoms with Crippen molar-refractivity contribution in [3.63, 3.8) is 0 Å². The van der Waals surface area contributed by atoms with Crippen LogP contribution in [0.4, 0.5) is 5.69 Å². The second-order valence-electron chi connectivity index (χ2n) is 8.14. The molecule has 0 radical (unpaired) electrons. The Balaban J connectivity index is 1.47. The number of nitrogens with one attached hydrogen (secondary N) is 2. The zero-order chi connectivity index (χ0) is 22.5. The Morgan fingerprint density at radius 3 is 2.56 bits per heavy atom. The van der Waals surface area contributed by atoms with Gasteiger partial charge < -0.3 is 9.88 Å². The number of carbonyl (C=O) groups is 1. The maximum Gasteiger partial charge on any atom is 0.274 e. The summed E-state index contributed by atoms with van der Waals surface area (Å²) in [7, 11) is 0. The average molecular weight is 445 g/mol. The minimum absolute atomic E-state index is 0.213. The van der Waals surface area contributed by atoms with Crippen molar-refractivity contribution in [2.75, 3.05) is 11.9 Å². The van der Waals surface area contributed by atoms with Gasteiger partial charge in [0.1, 0.15) is 5.69 Å². The van der Waals surface area contributed by atoms with E-state index in [-0.39, 0.29) is 5.91 Å². The first-order valence-corrected chi connectivity index (χ1v) is 11.7. The van der Waals surface area contributed by atoms with Crippen LogP contribution in [0.1, 0.15) is 42.7 Å². The quantitative estimate of drug-likeness (QED) is 0.326. The highest BCUT2D eigenvalue weighted by Crippen LogP contribution is 2.25. The van der Waals surface area contributed by atoms with Crippen molar-refractivity contribution in [3.05, 3.63) is 90.4 Å². The molecule has 0 aliphatic rings. The average Bonchev–Trinajstić information content (AvgIpc) is 3.22. The molecule has 5 nitrogen and oxygen atoms in total. The van der Waals surface area contributed by atoms with E-state index in [2.05, 4.69) is 76.9 Å². The molecule has 0 saturated heterocycles. The molecule has 164 valence electrons. The predicted molar refractivity (Wildman–Crippen MR) is 135 cm³/mol. The fraction of sp³-hybridized carbons (Fsp3) is 0.231. The lowest BCUT2D eigenvalue weighted by Crippen LogP contribution is -2.15. The minimum atomic E-state index is -0.213. The van der Waals surface area contributed by atoms with Gasteiger partial charge in [-0.05, 0) is 60.0 Å². The Bertz CT molecular complexity index is 1190. The molecule has 0 aliphatic carbocycles. The highest BCUT2D eigenvalue weighted by Gasteiger charge is 2.10. The molecule has 2 aromatic carbocycles. The number of carbonyl (C=O) groups excluding carboxylic acids is 1. The van der Waals surface area contributed by atoms with Crippen molar-refractivity contribution in [3.8, 4) is 5.69 Å². The standard InChI is InChI=1S/C26H28N4OS/c1-18(2)32-28-17-19(3)20-7-10-23(11-8-20)30-15-13-21-16-22(9-12-25(21)30)29-26(31)24-6-4-5-14-27-24/h4-16,18-19,28H,17H2,1-3H3,(H,29,31). The molecule has 2 aromatic heterocycles. The zero-order valence-corrected chi connectivity index (χ0v) is 19.4. The molecule has 6 heteroatoms. The summed E-state index contributed by atoms with van der Waals surface area (Å²) in [5.41, 5.74) is 4.68. The summed E-state index contributed by atoms with van der Waals surface area (Å²) in [6, 6.07) is 22.0. The lowest BCUT2D eigenvalue weighted by Gasteiger charge is -2.15. The molecule has 0 aliphatic heterocycles. The van der Waals surface area contributed by atoms with E-state index in [4.69, 9.17) is 0 Å². The second-order valence-corrected chi connectivity index (χ2v) is 9.60. The Morgan fingerprint density at radius 2 is 1.84 bits per heavy atom. The zero-order valence-electron chi connectivity index (χ0n) is 18.6. The molecule has 1 unspecified atom stereocenters. The van der Waals surface area contributed by atoms with Crippen LogP contribution in [0.3, 0.4) is 0 Å². The van der Waals surface area contributed by atoms with Crippen LogP contribution in [-0.4, -0.2) is 27.3 Å². The van der Waals surface area contributed by atoms with Crippen molar-refractivity contribution < 1.29 is 4.79 Å². The molecular formula is C26H28N4OS. The van der Waals surface area contributed by atoms with Gasteiger partial charge in [0, 0.05) is 40.9 Å². The van der Waals surface area contributed by atoms with Crippen LogP contribution in [0.25, 0.3) is 16.6 Å². The van der Waals surface area contributed by atoms with Crippen molar-refractivity contribution in [2.24, 2.45) is 0 Å². The molecule has 4 aromatic rings.